The SMILES string of the molecule is NCC(Oc1ccc(I)cc1)c1cc(Br)cs1. The van der Waals surface area contributed by atoms with Gasteiger partial charge < -0.3 is 10.5 Å². The molecule has 2 nitrogen and oxygen atoms in total. The fraction of sp³-hybridized carbons (Fsp3) is 0.167. The van der Waals surface area contributed by atoms with Crippen LogP contribution in [0.3, 0.4) is 0 Å². The third-order valence-corrected chi connectivity index (χ3v) is 4.72. The van der Waals surface area contributed by atoms with Gasteiger partial charge in [-0.25, -0.2) is 0 Å². The van der Waals surface area contributed by atoms with E-state index in [1.165, 1.54) is 3.57 Å². The highest BCUT2D eigenvalue weighted by Gasteiger charge is 2.13. The maximum absolute atomic E-state index is 5.88. The average molecular weight is 424 g/mol. The van der Waals surface area contributed by atoms with Crippen molar-refractivity contribution in [1.29, 1.82) is 0 Å². The molecule has 0 aliphatic carbocycles. The van der Waals surface area contributed by atoms with Crippen LogP contribution >= 0.6 is 49.9 Å². The van der Waals surface area contributed by atoms with E-state index in [1.807, 2.05) is 29.6 Å². The number of hydrogen-bond donors (Lipinski definition) is 1. The standard InChI is InChI=1S/C12H11BrINOS/c13-8-5-12(17-7-8)11(6-15)16-10-3-1-9(14)2-4-10/h1-5,7,11H,6,15H2. The van der Waals surface area contributed by atoms with Crippen LogP contribution in [0.5, 0.6) is 5.75 Å². The van der Waals surface area contributed by atoms with Gasteiger partial charge in [-0.05, 0) is 68.9 Å². The Labute approximate surface area is 126 Å². The maximum atomic E-state index is 5.88. The van der Waals surface area contributed by atoms with E-state index < -0.39 is 0 Å². The fourth-order valence-corrected chi connectivity index (χ4v) is 3.24. The van der Waals surface area contributed by atoms with Crippen LogP contribution in [0.15, 0.2) is 40.2 Å². The van der Waals surface area contributed by atoms with E-state index in [2.05, 4.69) is 44.6 Å². The van der Waals surface area contributed by atoms with Crippen molar-refractivity contribution in [3.8, 4) is 5.75 Å². The Morgan fingerprint density at radius 2 is 2.06 bits per heavy atom. The molecule has 90 valence electrons. The predicted molar refractivity (Wildman–Crippen MR) is 83.6 cm³/mol. The van der Waals surface area contributed by atoms with Crippen molar-refractivity contribution in [2.75, 3.05) is 6.54 Å². The molecule has 1 aromatic carbocycles. The number of hydrogen-bond acceptors (Lipinski definition) is 3. The molecule has 1 aromatic heterocycles. The lowest BCUT2D eigenvalue weighted by atomic mass is 10.3. The normalized spacial score (nSPS) is 12.4. The molecule has 0 fully saturated rings. The number of rotatable bonds is 4. The molecule has 2 N–H and O–H groups in total. The van der Waals surface area contributed by atoms with Gasteiger partial charge in [-0.1, -0.05) is 0 Å². The summed E-state index contributed by atoms with van der Waals surface area (Å²) in [6.07, 6.45) is -0.0774. The lowest BCUT2D eigenvalue weighted by molar-refractivity contribution is 0.218. The van der Waals surface area contributed by atoms with Crippen molar-refractivity contribution in [2.24, 2.45) is 5.73 Å². The minimum absolute atomic E-state index is 0.0774. The van der Waals surface area contributed by atoms with Crippen molar-refractivity contribution in [3.05, 3.63) is 48.6 Å². The van der Waals surface area contributed by atoms with E-state index in [1.54, 1.807) is 11.3 Å². The first kappa shape index (κ1) is 13.3. The van der Waals surface area contributed by atoms with Crippen LogP contribution < -0.4 is 10.5 Å². The second-order valence-electron chi connectivity index (χ2n) is 3.46. The molecule has 5 heteroatoms. The van der Waals surface area contributed by atoms with E-state index >= 15 is 0 Å². The summed E-state index contributed by atoms with van der Waals surface area (Å²) in [6.45, 7) is 0.471. The van der Waals surface area contributed by atoms with Crippen LogP contribution in [0.2, 0.25) is 0 Å². The molecule has 2 aromatic rings. The lowest BCUT2D eigenvalue weighted by Gasteiger charge is -2.15. The molecule has 1 atom stereocenters. The first-order valence-electron chi connectivity index (χ1n) is 5.05. The molecule has 1 unspecified atom stereocenters. The van der Waals surface area contributed by atoms with Gasteiger partial charge in [-0.2, -0.15) is 0 Å². The summed E-state index contributed by atoms with van der Waals surface area (Å²) in [6, 6.07) is 10.0. The number of benzene rings is 1. The third-order valence-electron chi connectivity index (χ3n) is 2.21. The third kappa shape index (κ3) is 3.67. The second kappa shape index (κ2) is 6.17. The molecule has 2 rings (SSSR count). The van der Waals surface area contributed by atoms with Gasteiger partial charge in [0.1, 0.15) is 11.9 Å². The molecule has 1 heterocycles. The number of nitrogens with two attached hydrogens (primary N) is 1. The van der Waals surface area contributed by atoms with E-state index in [9.17, 15) is 0 Å². The average Bonchev–Trinajstić information content (AvgIpc) is 2.75. The van der Waals surface area contributed by atoms with E-state index in [0.29, 0.717) is 6.54 Å². The highest BCUT2D eigenvalue weighted by molar-refractivity contribution is 14.1. The quantitative estimate of drug-likeness (QED) is 0.748. The van der Waals surface area contributed by atoms with Gasteiger partial charge in [0, 0.05) is 24.8 Å². The van der Waals surface area contributed by atoms with Crippen LogP contribution in [-0.4, -0.2) is 6.54 Å². The van der Waals surface area contributed by atoms with Gasteiger partial charge in [0.05, 0.1) is 0 Å². The van der Waals surface area contributed by atoms with Crippen molar-refractivity contribution in [1.82, 2.24) is 0 Å². The Morgan fingerprint density at radius 1 is 1.35 bits per heavy atom. The highest BCUT2D eigenvalue weighted by Crippen LogP contribution is 2.29. The summed E-state index contributed by atoms with van der Waals surface area (Å²) in [5.74, 6) is 0.852. The van der Waals surface area contributed by atoms with Gasteiger partial charge in [0.25, 0.3) is 0 Å². The Kier molecular flexibility index (Phi) is 4.84. The molecular weight excluding hydrogens is 413 g/mol. The Hall–Kier alpha value is -0.110. The fourth-order valence-electron chi connectivity index (χ4n) is 1.40. The molecule has 17 heavy (non-hydrogen) atoms. The largest absolute Gasteiger partial charge is 0.484 e. The first-order valence-corrected chi connectivity index (χ1v) is 7.80. The first-order chi connectivity index (χ1) is 8.19. The molecule has 0 radical (unpaired) electrons. The summed E-state index contributed by atoms with van der Waals surface area (Å²) >= 11 is 7.36. The molecular formula is C12H11BrINOS. The van der Waals surface area contributed by atoms with Gasteiger partial charge in [0.15, 0.2) is 0 Å². The van der Waals surface area contributed by atoms with Crippen molar-refractivity contribution in [2.45, 2.75) is 6.10 Å². The number of thiophene rings is 1. The second-order valence-corrected chi connectivity index (χ2v) is 6.57. The summed E-state index contributed by atoms with van der Waals surface area (Å²) in [4.78, 5) is 1.14. The Bertz CT molecular complexity index is 486. The van der Waals surface area contributed by atoms with Crippen LogP contribution in [0.4, 0.5) is 0 Å². The van der Waals surface area contributed by atoms with Crippen LogP contribution in [0.25, 0.3) is 0 Å². The summed E-state index contributed by atoms with van der Waals surface area (Å²) < 4.78 is 8.14. The minimum atomic E-state index is -0.0774. The van der Waals surface area contributed by atoms with Crippen LogP contribution in [0.1, 0.15) is 11.0 Å². The monoisotopic (exact) mass is 423 g/mol. The Morgan fingerprint density at radius 3 is 2.59 bits per heavy atom. The van der Waals surface area contributed by atoms with Crippen molar-refractivity contribution in [3.63, 3.8) is 0 Å². The van der Waals surface area contributed by atoms with Crippen molar-refractivity contribution >= 4 is 49.9 Å². The van der Waals surface area contributed by atoms with Crippen LogP contribution in [-0.2, 0) is 0 Å². The van der Waals surface area contributed by atoms with Gasteiger partial charge in [-0.3, -0.25) is 0 Å². The lowest BCUT2D eigenvalue weighted by Crippen LogP contribution is -2.17. The van der Waals surface area contributed by atoms with E-state index in [-0.39, 0.29) is 6.10 Å². The molecule has 0 aliphatic heterocycles. The zero-order chi connectivity index (χ0) is 12.3. The van der Waals surface area contributed by atoms with Gasteiger partial charge >= 0.3 is 0 Å². The number of ether oxygens (including phenoxy) is 1. The zero-order valence-electron chi connectivity index (χ0n) is 8.90. The number of halogens is 2. The topological polar surface area (TPSA) is 35.2 Å². The highest BCUT2D eigenvalue weighted by atomic mass is 127. The maximum Gasteiger partial charge on any atom is 0.145 e. The predicted octanol–water partition coefficient (Wildman–Crippen LogP) is 4.19. The van der Waals surface area contributed by atoms with Gasteiger partial charge in [-0.15, -0.1) is 11.3 Å². The molecule has 0 aliphatic rings. The van der Waals surface area contributed by atoms with E-state index in [0.717, 1.165) is 15.1 Å². The molecule has 0 amide bonds. The molecule has 0 bridgehead atoms. The summed E-state index contributed by atoms with van der Waals surface area (Å²) in [5.41, 5.74) is 5.76. The van der Waals surface area contributed by atoms with Crippen molar-refractivity contribution < 1.29 is 4.74 Å². The summed E-state index contributed by atoms with van der Waals surface area (Å²) in [7, 11) is 0. The molecule has 0 saturated carbocycles. The van der Waals surface area contributed by atoms with Gasteiger partial charge in [0.2, 0.25) is 0 Å². The summed E-state index contributed by atoms with van der Waals surface area (Å²) in [5, 5.41) is 2.04. The van der Waals surface area contributed by atoms with E-state index in [4.69, 9.17) is 10.5 Å². The smallest absolute Gasteiger partial charge is 0.145 e. The molecule has 0 saturated heterocycles. The minimum Gasteiger partial charge on any atom is -0.484 e. The van der Waals surface area contributed by atoms with Crippen LogP contribution in [0, 0.1) is 3.57 Å². The Balaban J connectivity index is 2.12. The zero-order valence-corrected chi connectivity index (χ0v) is 13.5. The molecule has 0 spiro atoms.